The third kappa shape index (κ3) is 5.27. The minimum absolute atomic E-state index is 0.0653. The van der Waals surface area contributed by atoms with Crippen molar-refractivity contribution in [3.8, 4) is 11.5 Å². The summed E-state index contributed by atoms with van der Waals surface area (Å²) in [7, 11) is 0. The van der Waals surface area contributed by atoms with Crippen molar-refractivity contribution in [2.24, 2.45) is 5.92 Å². The summed E-state index contributed by atoms with van der Waals surface area (Å²) in [5.41, 5.74) is 2.50. The SMILES string of the molecule is CCC(C)COc1ccc(C(C)(C)c2ccc(OC(C)CC)cc2)cc1. The largest absolute Gasteiger partial charge is 0.493 e. The second kappa shape index (κ2) is 9.12. The summed E-state index contributed by atoms with van der Waals surface area (Å²) < 4.78 is 11.8. The number of rotatable bonds is 9. The topological polar surface area (TPSA) is 18.5 Å². The molecule has 2 aromatic rings. The van der Waals surface area contributed by atoms with Gasteiger partial charge in [-0.05, 0) is 54.7 Å². The van der Waals surface area contributed by atoms with Gasteiger partial charge < -0.3 is 9.47 Å². The zero-order chi connectivity index (χ0) is 19.2. The molecule has 0 heterocycles. The van der Waals surface area contributed by atoms with Gasteiger partial charge in [-0.3, -0.25) is 0 Å². The normalized spacial score (nSPS) is 13.9. The maximum atomic E-state index is 5.89. The minimum atomic E-state index is -0.0653. The molecule has 2 atom stereocenters. The summed E-state index contributed by atoms with van der Waals surface area (Å²) in [5.74, 6) is 2.47. The molecule has 26 heavy (non-hydrogen) atoms. The zero-order valence-electron chi connectivity index (χ0n) is 17.2. The van der Waals surface area contributed by atoms with Gasteiger partial charge in [0, 0.05) is 5.41 Å². The van der Waals surface area contributed by atoms with Gasteiger partial charge in [-0.15, -0.1) is 0 Å². The Kier molecular flexibility index (Phi) is 7.14. The Hall–Kier alpha value is -1.96. The van der Waals surface area contributed by atoms with Gasteiger partial charge in [0.15, 0.2) is 0 Å². The predicted octanol–water partition coefficient (Wildman–Crippen LogP) is 6.61. The monoisotopic (exact) mass is 354 g/mol. The van der Waals surface area contributed by atoms with Crippen LogP contribution in [0.4, 0.5) is 0 Å². The van der Waals surface area contributed by atoms with Crippen LogP contribution in [0.15, 0.2) is 48.5 Å². The highest BCUT2D eigenvalue weighted by Crippen LogP contribution is 2.33. The lowest BCUT2D eigenvalue weighted by atomic mass is 9.78. The Labute approximate surface area is 159 Å². The van der Waals surface area contributed by atoms with E-state index in [0.29, 0.717) is 5.92 Å². The van der Waals surface area contributed by atoms with Gasteiger partial charge in [0.25, 0.3) is 0 Å². The first kappa shape index (κ1) is 20.4. The number of hydrogen-bond acceptors (Lipinski definition) is 2. The molecule has 0 spiro atoms. The molecule has 0 aromatic heterocycles. The smallest absolute Gasteiger partial charge is 0.119 e. The van der Waals surface area contributed by atoms with E-state index in [1.807, 2.05) is 0 Å². The van der Waals surface area contributed by atoms with Crippen LogP contribution in [0.1, 0.15) is 65.5 Å². The van der Waals surface area contributed by atoms with E-state index in [2.05, 4.69) is 90.1 Å². The standard InChI is InChI=1S/C24H34O2/c1-7-18(3)17-25-22-13-9-20(10-14-22)24(5,6)21-11-15-23(16-12-21)26-19(4)8-2/h9-16,18-19H,7-8,17H2,1-6H3. The van der Waals surface area contributed by atoms with Crippen LogP contribution < -0.4 is 9.47 Å². The summed E-state index contributed by atoms with van der Waals surface area (Å²) >= 11 is 0. The molecule has 2 nitrogen and oxygen atoms in total. The summed E-state index contributed by atoms with van der Waals surface area (Å²) in [6.07, 6.45) is 2.40. The van der Waals surface area contributed by atoms with E-state index in [0.717, 1.165) is 30.9 Å². The molecule has 0 aliphatic heterocycles. The minimum Gasteiger partial charge on any atom is -0.493 e. The van der Waals surface area contributed by atoms with Gasteiger partial charge in [0.2, 0.25) is 0 Å². The zero-order valence-corrected chi connectivity index (χ0v) is 17.2. The summed E-state index contributed by atoms with van der Waals surface area (Å²) in [4.78, 5) is 0. The van der Waals surface area contributed by atoms with E-state index in [1.54, 1.807) is 0 Å². The summed E-state index contributed by atoms with van der Waals surface area (Å²) in [6, 6.07) is 17.0. The lowest BCUT2D eigenvalue weighted by Crippen LogP contribution is -2.19. The van der Waals surface area contributed by atoms with Gasteiger partial charge in [-0.1, -0.05) is 65.3 Å². The fourth-order valence-corrected chi connectivity index (χ4v) is 2.76. The van der Waals surface area contributed by atoms with Crippen molar-refractivity contribution in [2.75, 3.05) is 6.61 Å². The molecule has 142 valence electrons. The van der Waals surface area contributed by atoms with Gasteiger partial charge in [-0.25, -0.2) is 0 Å². The lowest BCUT2D eigenvalue weighted by molar-refractivity contribution is 0.217. The molecule has 0 fully saturated rings. The molecule has 0 saturated carbocycles. The van der Waals surface area contributed by atoms with Crippen LogP contribution >= 0.6 is 0 Å². The van der Waals surface area contributed by atoms with E-state index in [1.165, 1.54) is 11.1 Å². The third-order valence-corrected chi connectivity index (χ3v) is 5.30. The van der Waals surface area contributed by atoms with Crippen LogP contribution in [0.5, 0.6) is 11.5 Å². The van der Waals surface area contributed by atoms with E-state index >= 15 is 0 Å². The Bertz CT molecular complexity index is 656. The average molecular weight is 355 g/mol. The second-order valence-electron chi connectivity index (χ2n) is 7.83. The van der Waals surface area contributed by atoms with Crippen molar-refractivity contribution in [2.45, 2.75) is 65.9 Å². The van der Waals surface area contributed by atoms with Gasteiger partial charge in [-0.2, -0.15) is 0 Å². The second-order valence-corrected chi connectivity index (χ2v) is 7.83. The quantitative estimate of drug-likeness (QED) is 0.504. The molecule has 2 rings (SSSR count). The number of benzene rings is 2. The molecule has 0 radical (unpaired) electrons. The Morgan fingerprint density at radius 2 is 1.27 bits per heavy atom. The molecule has 2 unspecified atom stereocenters. The molecular weight excluding hydrogens is 320 g/mol. The van der Waals surface area contributed by atoms with Crippen molar-refractivity contribution in [1.82, 2.24) is 0 Å². The summed E-state index contributed by atoms with van der Waals surface area (Å²) in [6.45, 7) is 13.9. The van der Waals surface area contributed by atoms with E-state index in [-0.39, 0.29) is 11.5 Å². The molecule has 2 heteroatoms. The summed E-state index contributed by atoms with van der Waals surface area (Å²) in [5, 5.41) is 0. The van der Waals surface area contributed by atoms with Crippen molar-refractivity contribution in [3.63, 3.8) is 0 Å². The van der Waals surface area contributed by atoms with Crippen LogP contribution in [-0.4, -0.2) is 12.7 Å². The first-order chi connectivity index (χ1) is 12.4. The first-order valence-electron chi connectivity index (χ1n) is 9.87. The lowest BCUT2D eigenvalue weighted by Gasteiger charge is -2.27. The maximum absolute atomic E-state index is 5.89. The van der Waals surface area contributed by atoms with Crippen LogP contribution in [0.2, 0.25) is 0 Å². The highest BCUT2D eigenvalue weighted by atomic mass is 16.5. The molecule has 0 aliphatic carbocycles. The fraction of sp³-hybridized carbons (Fsp3) is 0.500. The van der Waals surface area contributed by atoms with E-state index in [9.17, 15) is 0 Å². The highest BCUT2D eigenvalue weighted by molar-refractivity contribution is 5.41. The van der Waals surface area contributed by atoms with Crippen LogP contribution in [-0.2, 0) is 5.41 Å². The van der Waals surface area contributed by atoms with E-state index in [4.69, 9.17) is 9.47 Å². The van der Waals surface area contributed by atoms with Gasteiger partial charge in [0.1, 0.15) is 11.5 Å². The maximum Gasteiger partial charge on any atom is 0.119 e. The van der Waals surface area contributed by atoms with Gasteiger partial charge in [0.05, 0.1) is 12.7 Å². The van der Waals surface area contributed by atoms with E-state index < -0.39 is 0 Å². The molecule has 0 amide bonds. The van der Waals surface area contributed by atoms with Crippen LogP contribution in [0.25, 0.3) is 0 Å². The van der Waals surface area contributed by atoms with Crippen molar-refractivity contribution in [1.29, 1.82) is 0 Å². The number of hydrogen-bond donors (Lipinski definition) is 0. The Morgan fingerprint density at radius 1 is 0.769 bits per heavy atom. The molecule has 0 saturated heterocycles. The Balaban J connectivity index is 2.08. The molecular formula is C24H34O2. The van der Waals surface area contributed by atoms with Crippen LogP contribution in [0, 0.1) is 5.92 Å². The average Bonchev–Trinajstić information content (AvgIpc) is 2.66. The van der Waals surface area contributed by atoms with Crippen LogP contribution in [0.3, 0.4) is 0 Å². The van der Waals surface area contributed by atoms with Crippen molar-refractivity contribution in [3.05, 3.63) is 59.7 Å². The number of ether oxygens (including phenoxy) is 2. The molecule has 0 bridgehead atoms. The third-order valence-electron chi connectivity index (χ3n) is 5.30. The van der Waals surface area contributed by atoms with Crippen molar-refractivity contribution < 1.29 is 9.47 Å². The highest BCUT2D eigenvalue weighted by Gasteiger charge is 2.23. The van der Waals surface area contributed by atoms with Gasteiger partial charge >= 0.3 is 0 Å². The van der Waals surface area contributed by atoms with Crippen molar-refractivity contribution >= 4 is 0 Å². The fourth-order valence-electron chi connectivity index (χ4n) is 2.76. The molecule has 0 aliphatic rings. The Morgan fingerprint density at radius 3 is 1.73 bits per heavy atom. The predicted molar refractivity (Wildman–Crippen MR) is 110 cm³/mol. The molecule has 0 N–H and O–H groups in total. The molecule has 2 aromatic carbocycles. The first-order valence-corrected chi connectivity index (χ1v) is 9.87.